The zero-order chi connectivity index (χ0) is 13.1. The van der Waals surface area contributed by atoms with Gasteiger partial charge in [-0.3, -0.25) is 0 Å². The van der Waals surface area contributed by atoms with E-state index in [-0.39, 0.29) is 5.76 Å². The molecule has 100 valence electrons. The van der Waals surface area contributed by atoms with Crippen LogP contribution in [0.4, 0.5) is 0 Å². The van der Waals surface area contributed by atoms with Gasteiger partial charge in [-0.2, -0.15) is 0 Å². The van der Waals surface area contributed by atoms with E-state index in [2.05, 4.69) is 17.3 Å². The van der Waals surface area contributed by atoms with Gasteiger partial charge in [0.25, 0.3) is 0 Å². The maximum absolute atomic E-state index is 10.8. The number of aryl methyl sites for hydroxylation is 1. The molecule has 2 N–H and O–H groups in total. The summed E-state index contributed by atoms with van der Waals surface area (Å²) < 4.78 is 5.29. The van der Waals surface area contributed by atoms with E-state index in [1.807, 2.05) is 0 Å². The third-order valence-electron chi connectivity index (χ3n) is 3.51. The van der Waals surface area contributed by atoms with E-state index in [1.54, 1.807) is 13.0 Å². The number of hydrogen-bond donors (Lipinski definition) is 2. The summed E-state index contributed by atoms with van der Waals surface area (Å²) in [6, 6.07) is 2.37. The van der Waals surface area contributed by atoms with Crippen molar-refractivity contribution in [1.29, 1.82) is 0 Å². The summed E-state index contributed by atoms with van der Waals surface area (Å²) in [6.07, 6.45) is 2.48. The lowest BCUT2D eigenvalue weighted by atomic mass is 10.2. The molecule has 1 fully saturated rings. The van der Waals surface area contributed by atoms with Crippen LogP contribution in [-0.4, -0.2) is 42.2 Å². The first-order valence-electron chi connectivity index (χ1n) is 6.31. The first-order valence-corrected chi connectivity index (χ1v) is 6.31. The third-order valence-corrected chi connectivity index (χ3v) is 3.51. The van der Waals surface area contributed by atoms with Crippen molar-refractivity contribution in [3.8, 4) is 0 Å². The van der Waals surface area contributed by atoms with Gasteiger partial charge in [-0.1, -0.05) is 0 Å². The fourth-order valence-electron chi connectivity index (χ4n) is 2.45. The second-order valence-electron chi connectivity index (χ2n) is 4.94. The molecule has 18 heavy (non-hydrogen) atoms. The summed E-state index contributed by atoms with van der Waals surface area (Å²) in [4.78, 5) is 13.2. The van der Waals surface area contributed by atoms with Crippen molar-refractivity contribution in [2.75, 3.05) is 20.1 Å². The predicted octanol–water partition coefficient (Wildman–Crippen LogP) is 1.47. The molecule has 1 aromatic rings. The first-order chi connectivity index (χ1) is 8.58. The highest BCUT2D eigenvalue weighted by molar-refractivity contribution is 5.86. The molecular formula is C13H20N2O3. The molecule has 1 aliphatic rings. The molecule has 2 heterocycles. The number of nitrogens with one attached hydrogen (secondary N) is 1. The van der Waals surface area contributed by atoms with E-state index in [0.717, 1.165) is 13.1 Å². The molecule has 1 saturated heterocycles. The molecule has 5 heteroatoms. The van der Waals surface area contributed by atoms with Crippen LogP contribution in [-0.2, 0) is 6.54 Å². The molecule has 0 saturated carbocycles. The number of rotatable bonds is 5. The van der Waals surface area contributed by atoms with Gasteiger partial charge in [0.2, 0.25) is 5.76 Å². The lowest BCUT2D eigenvalue weighted by Crippen LogP contribution is -2.35. The third kappa shape index (κ3) is 2.91. The average molecular weight is 252 g/mol. The highest BCUT2D eigenvalue weighted by Gasteiger charge is 2.20. The fourth-order valence-corrected chi connectivity index (χ4v) is 2.45. The van der Waals surface area contributed by atoms with Gasteiger partial charge >= 0.3 is 5.97 Å². The van der Waals surface area contributed by atoms with Crippen LogP contribution in [0, 0.1) is 6.92 Å². The molecule has 0 radical (unpaired) electrons. The average Bonchev–Trinajstić information content (AvgIpc) is 2.86. The number of carbonyl (C=O) groups is 1. The van der Waals surface area contributed by atoms with Gasteiger partial charge in [-0.05, 0) is 39.4 Å². The molecule has 1 unspecified atom stereocenters. The predicted molar refractivity (Wildman–Crippen MR) is 67.8 cm³/mol. The minimum absolute atomic E-state index is 0.0461. The van der Waals surface area contributed by atoms with Gasteiger partial charge in [-0.15, -0.1) is 0 Å². The molecule has 0 spiro atoms. The zero-order valence-electron chi connectivity index (χ0n) is 10.9. The monoisotopic (exact) mass is 252 g/mol. The van der Waals surface area contributed by atoms with E-state index in [0.29, 0.717) is 23.9 Å². The molecule has 0 aliphatic carbocycles. The van der Waals surface area contributed by atoms with Crippen LogP contribution >= 0.6 is 0 Å². The van der Waals surface area contributed by atoms with E-state index < -0.39 is 5.97 Å². The number of furan rings is 1. The van der Waals surface area contributed by atoms with Gasteiger partial charge in [0.05, 0.1) is 6.54 Å². The van der Waals surface area contributed by atoms with Crippen molar-refractivity contribution in [2.24, 2.45) is 0 Å². The van der Waals surface area contributed by atoms with E-state index in [4.69, 9.17) is 9.52 Å². The molecule has 5 nitrogen and oxygen atoms in total. The van der Waals surface area contributed by atoms with Crippen LogP contribution in [0.5, 0.6) is 0 Å². The van der Waals surface area contributed by atoms with E-state index in [9.17, 15) is 4.79 Å². The summed E-state index contributed by atoms with van der Waals surface area (Å²) in [6.45, 7) is 4.41. The van der Waals surface area contributed by atoms with Gasteiger partial charge in [0.1, 0.15) is 5.76 Å². The second kappa shape index (κ2) is 5.54. The number of hydrogen-bond acceptors (Lipinski definition) is 4. The number of carboxylic acids is 1. The quantitative estimate of drug-likeness (QED) is 0.830. The minimum Gasteiger partial charge on any atom is -0.475 e. The van der Waals surface area contributed by atoms with Crippen LogP contribution in [0.15, 0.2) is 10.5 Å². The number of likely N-dealkylation sites (N-methyl/N-ethyl adjacent to an activating group) is 1. The van der Waals surface area contributed by atoms with Crippen LogP contribution in [0.1, 0.15) is 34.7 Å². The van der Waals surface area contributed by atoms with Crippen LogP contribution in [0.2, 0.25) is 0 Å². The molecule has 0 amide bonds. The molecule has 2 rings (SSSR count). The van der Waals surface area contributed by atoms with Gasteiger partial charge in [-0.25, -0.2) is 4.79 Å². The van der Waals surface area contributed by atoms with Crippen molar-refractivity contribution >= 4 is 5.97 Å². The Morgan fingerprint density at radius 2 is 2.44 bits per heavy atom. The summed E-state index contributed by atoms with van der Waals surface area (Å²) in [5.41, 5.74) is 0.678. The van der Waals surface area contributed by atoms with Crippen LogP contribution in [0.25, 0.3) is 0 Å². The van der Waals surface area contributed by atoms with Gasteiger partial charge in [0.15, 0.2) is 0 Å². The number of carboxylic acid groups (broad SMARTS) is 1. The minimum atomic E-state index is -1.01. The second-order valence-corrected chi connectivity index (χ2v) is 4.94. The molecule has 1 aliphatic heterocycles. The maximum Gasteiger partial charge on any atom is 0.372 e. The Morgan fingerprint density at radius 1 is 1.67 bits per heavy atom. The summed E-state index contributed by atoms with van der Waals surface area (Å²) in [5.74, 6) is -0.274. The Kier molecular flexibility index (Phi) is 4.04. The Hall–Kier alpha value is -1.33. The van der Waals surface area contributed by atoms with Crippen molar-refractivity contribution in [3.63, 3.8) is 0 Å². The normalized spacial score (nSPS) is 20.4. The SMILES string of the molecule is Cc1cc(CNCC2CCCN2C)oc1C(=O)O. The van der Waals surface area contributed by atoms with E-state index >= 15 is 0 Å². The highest BCUT2D eigenvalue weighted by atomic mass is 16.4. The Bertz CT molecular complexity index is 428. The number of nitrogens with zero attached hydrogens (tertiary/aromatic N) is 1. The molecule has 1 atom stereocenters. The smallest absolute Gasteiger partial charge is 0.372 e. The van der Waals surface area contributed by atoms with Crippen molar-refractivity contribution in [2.45, 2.75) is 32.4 Å². The van der Waals surface area contributed by atoms with E-state index in [1.165, 1.54) is 12.8 Å². The Morgan fingerprint density at radius 3 is 3.00 bits per heavy atom. The lowest BCUT2D eigenvalue weighted by molar-refractivity contribution is 0.0659. The molecule has 0 aromatic carbocycles. The van der Waals surface area contributed by atoms with Crippen molar-refractivity contribution in [3.05, 3.63) is 23.2 Å². The first kappa shape index (κ1) is 13.1. The van der Waals surface area contributed by atoms with Crippen molar-refractivity contribution < 1.29 is 14.3 Å². The standard InChI is InChI=1S/C13H20N2O3/c1-9-6-11(18-12(9)13(16)17)8-14-7-10-4-3-5-15(10)2/h6,10,14H,3-5,7-8H2,1-2H3,(H,16,17). The molecular weight excluding hydrogens is 232 g/mol. The Labute approximate surface area is 107 Å². The number of likely N-dealkylation sites (tertiary alicyclic amines) is 1. The summed E-state index contributed by atoms with van der Waals surface area (Å²) in [5, 5.41) is 12.2. The molecule has 0 bridgehead atoms. The van der Waals surface area contributed by atoms with Crippen LogP contribution in [0.3, 0.4) is 0 Å². The van der Waals surface area contributed by atoms with Gasteiger partial charge in [0, 0.05) is 18.2 Å². The largest absolute Gasteiger partial charge is 0.475 e. The van der Waals surface area contributed by atoms with Crippen LogP contribution < -0.4 is 5.32 Å². The topological polar surface area (TPSA) is 65.7 Å². The van der Waals surface area contributed by atoms with Gasteiger partial charge < -0.3 is 19.7 Å². The zero-order valence-corrected chi connectivity index (χ0v) is 10.9. The fraction of sp³-hybridized carbons (Fsp3) is 0.615. The lowest BCUT2D eigenvalue weighted by Gasteiger charge is -2.19. The Balaban J connectivity index is 1.83. The highest BCUT2D eigenvalue weighted by Crippen LogP contribution is 2.16. The van der Waals surface area contributed by atoms with Crippen molar-refractivity contribution in [1.82, 2.24) is 10.2 Å². The number of aromatic carboxylic acids is 1. The summed E-state index contributed by atoms with van der Waals surface area (Å²) in [7, 11) is 2.14. The maximum atomic E-state index is 10.8. The molecule has 1 aromatic heterocycles. The summed E-state index contributed by atoms with van der Waals surface area (Å²) >= 11 is 0.